The molecule has 4 heteroatoms. The largest absolute Gasteiger partial charge is 0.311 e. The molecule has 0 amide bonds. The van der Waals surface area contributed by atoms with E-state index in [-0.39, 0.29) is 11.4 Å². The van der Waals surface area contributed by atoms with Gasteiger partial charge in [-0.2, -0.15) is 0 Å². The van der Waals surface area contributed by atoms with Crippen LogP contribution in [0.4, 0.5) is 34.1 Å². The lowest BCUT2D eigenvalue weighted by Gasteiger charge is -2.26. The van der Waals surface area contributed by atoms with Crippen molar-refractivity contribution in [1.29, 1.82) is 10.8 Å². The number of para-hydroxylation sites is 4. The Hall–Kier alpha value is -6.26. The second-order valence-corrected chi connectivity index (χ2v) is 11.0. The van der Waals surface area contributed by atoms with Crippen LogP contribution in [-0.4, -0.2) is 11.4 Å². The molecule has 1 aliphatic carbocycles. The van der Waals surface area contributed by atoms with Gasteiger partial charge in [-0.25, -0.2) is 0 Å². The molecule has 0 saturated heterocycles. The first kappa shape index (κ1) is 28.5. The van der Waals surface area contributed by atoms with Crippen LogP contribution in [0.15, 0.2) is 182 Å². The van der Waals surface area contributed by atoms with Crippen molar-refractivity contribution in [3.63, 3.8) is 0 Å². The summed E-state index contributed by atoms with van der Waals surface area (Å²) in [4.78, 5) is 4.43. The van der Waals surface area contributed by atoms with E-state index < -0.39 is 0 Å². The van der Waals surface area contributed by atoms with Crippen molar-refractivity contribution in [3.05, 3.63) is 193 Å². The fraction of sp³-hybridized carbons (Fsp3) is 0. The molecule has 220 valence electrons. The Morgan fingerprint density at radius 2 is 0.522 bits per heavy atom. The van der Waals surface area contributed by atoms with E-state index in [2.05, 4.69) is 82.6 Å². The molecule has 4 nitrogen and oxygen atoms in total. The minimum absolute atomic E-state index is 0.215. The molecule has 46 heavy (non-hydrogen) atoms. The average Bonchev–Trinajstić information content (AvgIpc) is 3.12. The molecular weight excluding hydrogens is 560 g/mol. The number of benzene rings is 6. The second-order valence-electron chi connectivity index (χ2n) is 11.0. The van der Waals surface area contributed by atoms with Gasteiger partial charge in [-0.3, -0.25) is 10.8 Å². The van der Waals surface area contributed by atoms with E-state index in [9.17, 15) is 0 Å². The number of nitrogens with zero attached hydrogens (tertiary/aromatic N) is 2. The molecule has 0 bridgehead atoms. The van der Waals surface area contributed by atoms with Crippen molar-refractivity contribution < 1.29 is 0 Å². The molecule has 0 aliphatic heterocycles. The monoisotopic (exact) mass is 592 g/mol. The summed E-state index contributed by atoms with van der Waals surface area (Å²) in [6.45, 7) is 0. The number of nitrogens with one attached hydrogen (secondary N) is 2. The lowest BCUT2D eigenvalue weighted by molar-refractivity contribution is 1.28. The first-order valence-corrected chi connectivity index (χ1v) is 15.3. The van der Waals surface area contributed by atoms with Crippen LogP contribution >= 0.6 is 0 Å². The summed E-state index contributed by atoms with van der Waals surface area (Å²) in [5, 5.41) is 17.9. The summed E-state index contributed by atoms with van der Waals surface area (Å²) in [7, 11) is 0. The summed E-state index contributed by atoms with van der Waals surface area (Å²) in [5.41, 5.74) is 10.1. The minimum atomic E-state index is 0.215. The Balaban J connectivity index is 1.17. The van der Waals surface area contributed by atoms with Gasteiger partial charge in [0.2, 0.25) is 0 Å². The Labute approximate surface area is 269 Å². The summed E-state index contributed by atoms with van der Waals surface area (Å²) < 4.78 is 0. The van der Waals surface area contributed by atoms with Crippen molar-refractivity contribution in [2.45, 2.75) is 0 Å². The van der Waals surface area contributed by atoms with Crippen molar-refractivity contribution in [3.8, 4) is 0 Å². The Morgan fingerprint density at radius 3 is 0.783 bits per heavy atom. The normalized spacial score (nSPS) is 12.7. The van der Waals surface area contributed by atoms with Crippen LogP contribution in [0.3, 0.4) is 0 Å². The zero-order valence-electron chi connectivity index (χ0n) is 25.2. The number of allylic oxidation sites excluding steroid dienone is 4. The number of hydrogen-bond donors (Lipinski definition) is 2. The third kappa shape index (κ3) is 5.68. The predicted molar refractivity (Wildman–Crippen MR) is 194 cm³/mol. The van der Waals surface area contributed by atoms with Crippen LogP contribution in [0.2, 0.25) is 0 Å². The van der Waals surface area contributed by atoms with Gasteiger partial charge in [0.1, 0.15) is 0 Å². The smallest absolute Gasteiger partial charge is 0.0873 e. The maximum absolute atomic E-state index is 8.96. The van der Waals surface area contributed by atoms with Crippen LogP contribution in [0.5, 0.6) is 0 Å². The Morgan fingerprint density at radius 1 is 0.283 bits per heavy atom. The highest BCUT2D eigenvalue weighted by Crippen LogP contribution is 2.37. The van der Waals surface area contributed by atoms with Crippen molar-refractivity contribution in [2.75, 3.05) is 9.80 Å². The highest BCUT2D eigenvalue weighted by atomic mass is 15.1. The van der Waals surface area contributed by atoms with Gasteiger partial charge in [0.15, 0.2) is 0 Å². The summed E-state index contributed by atoms with van der Waals surface area (Å²) in [6, 6.07) is 57.7. The fourth-order valence-corrected chi connectivity index (χ4v) is 5.87. The first-order chi connectivity index (χ1) is 22.7. The van der Waals surface area contributed by atoms with Gasteiger partial charge in [0, 0.05) is 45.3 Å². The second kappa shape index (κ2) is 12.8. The molecule has 0 saturated carbocycles. The van der Waals surface area contributed by atoms with Crippen LogP contribution in [0.25, 0.3) is 11.1 Å². The third-order valence-electron chi connectivity index (χ3n) is 8.14. The fourth-order valence-electron chi connectivity index (χ4n) is 5.87. The summed E-state index contributed by atoms with van der Waals surface area (Å²) in [6.07, 6.45) is 3.93. The van der Waals surface area contributed by atoms with Gasteiger partial charge in [0.25, 0.3) is 0 Å². The molecule has 2 N–H and O–H groups in total. The molecular formula is C42H32N4. The maximum Gasteiger partial charge on any atom is 0.0873 e. The molecule has 6 aromatic carbocycles. The molecule has 0 spiro atoms. The predicted octanol–water partition coefficient (Wildman–Crippen LogP) is 11.1. The van der Waals surface area contributed by atoms with Crippen molar-refractivity contribution in [1.82, 2.24) is 0 Å². The van der Waals surface area contributed by atoms with Crippen LogP contribution in [-0.2, 0) is 0 Å². The zero-order valence-corrected chi connectivity index (χ0v) is 25.2. The lowest BCUT2D eigenvalue weighted by atomic mass is 9.86. The van der Waals surface area contributed by atoms with E-state index in [0.717, 1.165) is 56.4 Å². The quantitative estimate of drug-likeness (QED) is 0.173. The summed E-state index contributed by atoms with van der Waals surface area (Å²) in [5.74, 6) is 0. The topological polar surface area (TPSA) is 54.2 Å². The first-order valence-electron chi connectivity index (χ1n) is 15.3. The lowest BCUT2D eigenvalue weighted by Crippen LogP contribution is -2.19. The molecule has 0 heterocycles. The van der Waals surface area contributed by atoms with Crippen LogP contribution < -0.4 is 9.80 Å². The molecule has 0 unspecified atom stereocenters. The minimum Gasteiger partial charge on any atom is -0.311 e. The number of hydrogen-bond acceptors (Lipinski definition) is 4. The van der Waals surface area contributed by atoms with Gasteiger partial charge in [-0.1, -0.05) is 109 Å². The summed E-state index contributed by atoms with van der Waals surface area (Å²) >= 11 is 0. The standard InChI is InChI=1S/C42H32N4/c43-41-39(31-21-25-37(26-22-31)45(33-13-5-1-6-14-33)34-15-7-2-8-16-34)29-30-40(42(41)44)32-23-27-38(28-24-32)46(35-17-9-3-10-18-35)36-19-11-4-12-20-36/h1-30,43-44H. The van der Waals surface area contributed by atoms with E-state index in [1.807, 2.05) is 109 Å². The van der Waals surface area contributed by atoms with Gasteiger partial charge in [-0.15, -0.1) is 0 Å². The van der Waals surface area contributed by atoms with Gasteiger partial charge in [-0.05, 0) is 83.9 Å². The van der Waals surface area contributed by atoms with Gasteiger partial charge < -0.3 is 9.80 Å². The Bertz CT molecular complexity index is 1800. The van der Waals surface area contributed by atoms with E-state index in [1.165, 1.54) is 0 Å². The Kier molecular flexibility index (Phi) is 7.91. The molecule has 0 aromatic heterocycles. The third-order valence-corrected chi connectivity index (χ3v) is 8.14. The van der Waals surface area contributed by atoms with Crippen LogP contribution in [0, 0.1) is 10.8 Å². The SMILES string of the molecule is N=C1C(=N)C(c2ccc(N(c3ccccc3)c3ccccc3)cc2)=CC=C1c1ccc(N(c2ccccc2)c2ccccc2)cc1. The molecule has 6 aromatic rings. The molecule has 0 atom stereocenters. The highest BCUT2D eigenvalue weighted by Gasteiger charge is 2.22. The van der Waals surface area contributed by atoms with E-state index in [0.29, 0.717) is 0 Å². The molecule has 7 rings (SSSR count). The average molecular weight is 593 g/mol. The number of rotatable bonds is 8. The maximum atomic E-state index is 8.96. The van der Waals surface area contributed by atoms with Gasteiger partial charge in [0.05, 0.1) is 11.4 Å². The van der Waals surface area contributed by atoms with E-state index >= 15 is 0 Å². The van der Waals surface area contributed by atoms with Crippen molar-refractivity contribution >= 4 is 56.7 Å². The zero-order chi connectivity index (χ0) is 31.3. The molecule has 1 aliphatic rings. The van der Waals surface area contributed by atoms with E-state index in [1.54, 1.807) is 0 Å². The van der Waals surface area contributed by atoms with Crippen LogP contribution in [0.1, 0.15) is 11.1 Å². The van der Waals surface area contributed by atoms with E-state index in [4.69, 9.17) is 10.8 Å². The van der Waals surface area contributed by atoms with Gasteiger partial charge >= 0.3 is 0 Å². The highest BCUT2D eigenvalue weighted by molar-refractivity contribution is 6.68. The number of anilines is 6. The molecule has 0 fully saturated rings. The van der Waals surface area contributed by atoms with Crippen molar-refractivity contribution in [2.24, 2.45) is 0 Å². The molecule has 0 radical (unpaired) electrons.